The van der Waals surface area contributed by atoms with Crippen LogP contribution in [0.5, 0.6) is 5.75 Å². The number of benzene rings is 1. The van der Waals surface area contributed by atoms with Gasteiger partial charge in [-0.3, -0.25) is 4.79 Å². The number of halogens is 1. The Labute approximate surface area is 152 Å². The van der Waals surface area contributed by atoms with Crippen molar-refractivity contribution in [2.45, 2.75) is 25.7 Å². The van der Waals surface area contributed by atoms with E-state index < -0.39 is 0 Å². The van der Waals surface area contributed by atoms with Gasteiger partial charge in [0.1, 0.15) is 5.75 Å². The van der Waals surface area contributed by atoms with Crippen LogP contribution in [-0.2, 0) is 6.42 Å². The summed E-state index contributed by atoms with van der Waals surface area (Å²) in [4.78, 5) is 15.1. The average molecular weight is 364 g/mol. The van der Waals surface area contributed by atoms with Gasteiger partial charge in [-0.25, -0.2) is 0 Å². The van der Waals surface area contributed by atoms with Gasteiger partial charge in [-0.2, -0.15) is 0 Å². The summed E-state index contributed by atoms with van der Waals surface area (Å²) < 4.78 is 5.86. The fraction of sp³-hybridized carbons (Fsp3) is 0.421. The number of carbonyl (C=O) groups is 1. The first-order chi connectivity index (χ1) is 11.7. The van der Waals surface area contributed by atoms with Gasteiger partial charge >= 0.3 is 0 Å². The maximum Gasteiger partial charge on any atom is 0.263 e. The molecule has 1 amide bonds. The van der Waals surface area contributed by atoms with Crippen molar-refractivity contribution in [2.24, 2.45) is 5.92 Å². The molecule has 0 radical (unpaired) electrons. The average Bonchev–Trinajstić information content (AvgIpc) is 3.06. The molecule has 0 unspecified atom stereocenters. The maximum absolute atomic E-state index is 12.4. The maximum atomic E-state index is 12.4. The largest absolute Gasteiger partial charge is 0.497 e. The second-order valence-corrected chi connectivity index (χ2v) is 7.94. The van der Waals surface area contributed by atoms with Crippen LogP contribution in [0.4, 0.5) is 0 Å². The van der Waals surface area contributed by atoms with Crippen molar-refractivity contribution in [2.75, 3.05) is 20.2 Å². The van der Waals surface area contributed by atoms with Crippen molar-refractivity contribution in [1.82, 2.24) is 4.90 Å². The van der Waals surface area contributed by atoms with E-state index in [0.717, 1.165) is 43.0 Å². The Hall–Kier alpha value is -1.52. The Morgan fingerprint density at radius 2 is 1.92 bits per heavy atom. The first-order valence-corrected chi connectivity index (χ1v) is 9.52. The molecule has 2 heterocycles. The van der Waals surface area contributed by atoms with Crippen LogP contribution in [-0.4, -0.2) is 31.0 Å². The highest BCUT2D eigenvalue weighted by Gasteiger charge is 2.24. The summed E-state index contributed by atoms with van der Waals surface area (Å²) in [5, 5.41) is 0. The van der Waals surface area contributed by atoms with Crippen molar-refractivity contribution in [1.29, 1.82) is 0 Å². The number of rotatable bonds is 5. The third-order valence-electron chi connectivity index (χ3n) is 4.69. The van der Waals surface area contributed by atoms with Gasteiger partial charge in [0, 0.05) is 13.1 Å². The minimum Gasteiger partial charge on any atom is -0.497 e. The van der Waals surface area contributed by atoms with Crippen molar-refractivity contribution in [3.05, 3.63) is 51.2 Å². The highest BCUT2D eigenvalue weighted by molar-refractivity contribution is 7.17. The molecule has 2 aromatic rings. The summed E-state index contributed by atoms with van der Waals surface area (Å²) in [5.41, 5.74) is 1.35. The van der Waals surface area contributed by atoms with E-state index in [1.165, 1.54) is 23.3 Å². The van der Waals surface area contributed by atoms with Crippen LogP contribution in [0, 0.1) is 5.92 Å². The first-order valence-electron chi connectivity index (χ1n) is 8.33. The van der Waals surface area contributed by atoms with Crippen molar-refractivity contribution in [3.8, 4) is 5.75 Å². The molecule has 1 aliphatic heterocycles. The van der Waals surface area contributed by atoms with Gasteiger partial charge in [-0.15, -0.1) is 11.3 Å². The molecule has 1 aromatic heterocycles. The van der Waals surface area contributed by atoms with E-state index in [0.29, 0.717) is 10.3 Å². The molecule has 3 rings (SSSR count). The van der Waals surface area contributed by atoms with E-state index in [2.05, 4.69) is 12.1 Å². The number of carbonyl (C=O) groups excluding carboxylic acids is 1. The zero-order valence-electron chi connectivity index (χ0n) is 13.8. The highest BCUT2D eigenvalue weighted by Crippen LogP contribution is 2.27. The molecule has 0 bridgehead atoms. The van der Waals surface area contributed by atoms with Gasteiger partial charge in [-0.1, -0.05) is 23.7 Å². The van der Waals surface area contributed by atoms with Crippen LogP contribution >= 0.6 is 22.9 Å². The normalized spacial score (nSPS) is 15.5. The Bertz CT molecular complexity index is 675. The quantitative estimate of drug-likeness (QED) is 0.756. The molecule has 0 N–H and O–H groups in total. The van der Waals surface area contributed by atoms with Crippen LogP contribution in [0.3, 0.4) is 0 Å². The lowest BCUT2D eigenvalue weighted by Gasteiger charge is -2.31. The lowest BCUT2D eigenvalue weighted by molar-refractivity contribution is 0.0692. The molecule has 1 saturated heterocycles. The number of hydrogen-bond acceptors (Lipinski definition) is 3. The zero-order chi connectivity index (χ0) is 16.9. The number of thiophene rings is 1. The molecular formula is C19H22ClNO2S. The molecule has 24 heavy (non-hydrogen) atoms. The van der Waals surface area contributed by atoms with Crippen LogP contribution in [0.1, 0.15) is 34.5 Å². The summed E-state index contributed by atoms with van der Waals surface area (Å²) in [5.74, 6) is 1.72. The van der Waals surface area contributed by atoms with Gasteiger partial charge in [-0.05, 0) is 61.4 Å². The number of methoxy groups -OCH3 is 1. The first kappa shape index (κ1) is 17.3. The minimum atomic E-state index is 0.125. The second-order valence-electron chi connectivity index (χ2n) is 6.23. The standard InChI is InChI=1S/C19H22ClNO2S/c1-23-16-6-4-14(5-7-16)2-3-15-10-12-21(13-11-15)19(22)17-8-9-18(20)24-17/h4-9,15H,2-3,10-13H2,1H3. The van der Waals surface area contributed by atoms with Crippen molar-refractivity contribution >= 4 is 28.8 Å². The van der Waals surface area contributed by atoms with E-state index in [1.54, 1.807) is 13.2 Å². The Balaban J connectivity index is 1.45. The van der Waals surface area contributed by atoms with E-state index in [9.17, 15) is 4.79 Å². The monoisotopic (exact) mass is 363 g/mol. The van der Waals surface area contributed by atoms with Crippen LogP contribution in [0.25, 0.3) is 0 Å². The lowest BCUT2D eigenvalue weighted by atomic mass is 9.90. The Kier molecular flexibility index (Phi) is 5.80. The number of amides is 1. The smallest absolute Gasteiger partial charge is 0.263 e. The number of likely N-dealkylation sites (tertiary alicyclic amines) is 1. The molecular weight excluding hydrogens is 342 g/mol. The van der Waals surface area contributed by atoms with E-state index >= 15 is 0 Å². The molecule has 0 saturated carbocycles. The van der Waals surface area contributed by atoms with Gasteiger partial charge in [0.25, 0.3) is 5.91 Å². The zero-order valence-corrected chi connectivity index (χ0v) is 15.4. The number of piperidine rings is 1. The van der Waals surface area contributed by atoms with E-state index in [-0.39, 0.29) is 5.91 Å². The summed E-state index contributed by atoms with van der Waals surface area (Å²) in [6, 6.07) is 11.9. The van der Waals surface area contributed by atoms with Gasteiger partial charge in [0.05, 0.1) is 16.3 Å². The summed E-state index contributed by atoms with van der Waals surface area (Å²) in [6.07, 6.45) is 4.43. The fourth-order valence-corrected chi connectivity index (χ4v) is 4.18. The van der Waals surface area contributed by atoms with E-state index in [4.69, 9.17) is 16.3 Å². The predicted molar refractivity (Wildman–Crippen MR) is 99.3 cm³/mol. The van der Waals surface area contributed by atoms with Crippen LogP contribution in [0.15, 0.2) is 36.4 Å². The van der Waals surface area contributed by atoms with Crippen molar-refractivity contribution < 1.29 is 9.53 Å². The topological polar surface area (TPSA) is 29.5 Å². The van der Waals surface area contributed by atoms with Gasteiger partial charge in [0.2, 0.25) is 0 Å². The molecule has 0 aliphatic carbocycles. The van der Waals surface area contributed by atoms with E-state index in [1.807, 2.05) is 23.1 Å². The lowest BCUT2D eigenvalue weighted by Crippen LogP contribution is -2.38. The number of ether oxygens (including phenoxy) is 1. The Morgan fingerprint density at radius 3 is 2.50 bits per heavy atom. The van der Waals surface area contributed by atoms with Crippen LogP contribution in [0.2, 0.25) is 4.34 Å². The molecule has 0 atom stereocenters. The molecule has 128 valence electrons. The second kappa shape index (κ2) is 8.04. The van der Waals surface area contributed by atoms with Crippen molar-refractivity contribution in [3.63, 3.8) is 0 Å². The number of nitrogens with zero attached hydrogens (tertiary/aromatic N) is 1. The summed E-state index contributed by atoms with van der Waals surface area (Å²) in [6.45, 7) is 1.70. The molecule has 1 fully saturated rings. The third-order valence-corrected chi connectivity index (χ3v) is 5.91. The SMILES string of the molecule is COc1ccc(CCC2CCN(C(=O)c3ccc(Cl)s3)CC2)cc1. The number of hydrogen-bond donors (Lipinski definition) is 0. The molecule has 0 spiro atoms. The molecule has 1 aromatic carbocycles. The molecule has 3 nitrogen and oxygen atoms in total. The van der Waals surface area contributed by atoms with Gasteiger partial charge in [0.15, 0.2) is 0 Å². The van der Waals surface area contributed by atoms with Crippen LogP contribution < -0.4 is 4.74 Å². The number of aryl methyl sites for hydroxylation is 1. The molecule has 5 heteroatoms. The fourth-order valence-electron chi connectivity index (χ4n) is 3.17. The predicted octanol–water partition coefficient (Wildman–Crippen LogP) is 4.90. The summed E-state index contributed by atoms with van der Waals surface area (Å²) >= 11 is 7.29. The molecule has 1 aliphatic rings. The van der Waals surface area contributed by atoms with Gasteiger partial charge < -0.3 is 9.64 Å². The Morgan fingerprint density at radius 1 is 1.21 bits per heavy atom. The minimum absolute atomic E-state index is 0.125. The third kappa shape index (κ3) is 4.31. The highest BCUT2D eigenvalue weighted by atomic mass is 35.5. The summed E-state index contributed by atoms with van der Waals surface area (Å²) in [7, 11) is 1.69.